The van der Waals surface area contributed by atoms with Crippen LogP contribution >= 0.6 is 22.0 Å². The average Bonchev–Trinajstić information content (AvgIpc) is 2.86. The van der Waals surface area contributed by atoms with E-state index in [1.165, 1.54) is 16.2 Å². The molecule has 0 aromatic carbocycles. The lowest BCUT2D eigenvalue weighted by Gasteiger charge is -2.11. The molecule has 0 bridgehead atoms. The second kappa shape index (κ2) is 4.18. The minimum atomic E-state index is -3.69. The average molecular weight is 307 g/mol. The highest BCUT2D eigenvalue weighted by Crippen LogP contribution is 2.42. The molecule has 1 saturated carbocycles. The molecule has 2 fully saturated rings. The van der Waals surface area contributed by atoms with E-state index < -0.39 is 14.3 Å². The maximum Gasteiger partial charge on any atom is 0.237 e. The third-order valence-corrected chi connectivity index (χ3v) is 5.97. The first kappa shape index (κ1) is 12.4. The van der Waals surface area contributed by atoms with Gasteiger partial charge in [0.2, 0.25) is 15.0 Å². The number of carbonyl (C=O) groups is 1. The lowest BCUT2D eigenvalue weighted by molar-refractivity contribution is -0.117. The molecule has 0 spiro atoms. The molecule has 1 aliphatic carbocycles. The molecule has 98 valence electrons. The smallest absolute Gasteiger partial charge is 0.237 e. The highest BCUT2D eigenvalue weighted by Gasteiger charge is 2.39. The molecule has 5 nitrogen and oxygen atoms in total. The summed E-state index contributed by atoms with van der Waals surface area (Å²) in [6.45, 7) is 0.113. The van der Waals surface area contributed by atoms with E-state index in [1.54, 1.807) is 0 Å². The van der Waals surface area contributed by atoms with Gasteiger partial charge in [-0.25, -0.2) is 13.4 Å². The van der Waals surface area contributed by atoms with Gasteiger partial charge in [-0.15, -0.1) is 11.3 Å². The van der Waals surface area contributed by atoms with Crippen molar-refractivity contribution in [2.45, 2.75) is 30.4 Å². The lowest BCUT2D eigenvalue weighted by Crippen LogP contribution is -2.26. The van der Waals surface area contributed by atoms with Crippen LogP contribution in [-0.2, 0) is 13.8 Å². The number of anilines is 1. The maximum absolute atomic E-state index is 11.8. The van der Waals surface area contributed by atoms with Crippen molar-refractivity contribution in [3.8, 4) is 0 Å². The van der Waals surface area contributed by atoms with Crippen LogP contribution in [0.25, 0.3) is 0 Å². The zero-order valence-corrected chi connectivity index (χ0v) is 11.8. The van der Waals surface area contributed by atoms with Crippen LogP contribution in [-0.4, -0.2) is 31.1 Å². The van der Waals surface area contributed by atoms with Gasteiger partial charge in [0.05, 0.1) is 5.69 Å². The lowest BCUT2D eigenvalue weighted by atomic mass is 10.3. The van der Waals surface area contributed by atoms with Gasteiger partial charge in [0.1, 0.15) is 5.25 Å². The van der Waals surface area contributed by atoms with E-state index in [0.29, 0.717) is 11.0 Å². The quantitative estimate of drug-likeness (QED) is 0.797. The molecule has 8 heteroatoms. The second-order valence-electron chi connectivity index (χ2n) is 4.64. The highest BCUT2D eigenvalue weighted by molar-refractivity contribution is 8.14. The van der Waals surface area contributed by atoms with Gasteiger partial charge in [-0.2, -0.15) is 0 Å². The summed E-state index contributed by atoms with van der Waals surface area (Å²) in [7, 11) is 1.61. The number of aromatic nitrogens is 1. The van der Waals surface area contributed by atoms with Crippen molar-refractivity contribution >= 4 is 42.1 Å². The Morgan fingerprint density at radius 1 is 1.44 bits per heavy atom. The van der Waals surface area contributed by atoms with Crippen LogP contribution in [0.1, 0.15) is 30.9 Å². The third kappa shape index (κ3) is 2.26. The molecule has 1 aromatic heterocycles. The van der Waals surface area contributed by atoms with Crippen molar-refractivity contribution in [1.82, 2.24) is 4.98 Å². The van der Waals surface area contributed by atoms with Crippen molar-refractivity contribution in [2.24, 2.45) is 0 Å². The number of hydrogen-bond acceptors (Lipinski definition) is 5. The van der Waals surface area contributed by atoms with E-state index >= 15 is 0 Å². The normalized spacial score (nSPS) is 24.8. The van der Waals surface area contributed by atoms with Crippen LogP contribution in [0.3, 0.4) is 0 Å². The molecule has 0 N–H and O–H groups in total. The first-order valence-electron chi connectivity index (χ1n) is 5.64. The van der Waals surface area contributed by atoms with Crippen LogP contribution in [0, 0.1) is 0 Å². The van der Waals surface area contributed by atoms with Crippen LogP contribution in [0.2, 0.25) is 0 Å². The predicted molar refractivity (Wildman–Crippen MR) is 69.6 cm³/mol. The SMILES string of the molecule is O=C1CC(S(=O)(=O)Cl)CN1c1nc(C2CC2)cs1. The Labute approximate surface area is 113 Å². The number of amides is 1. The van der Waals surface area contributed by atoms with E-state index in [0.717, 1.165) is 18.5 Å². The number of carbonyl (C=O) groups excluding carboxylic acids is 1. The zero-order chi connectivity index (χ0) is 12.9. The van der Waals surface area contributed by atoms with Gasteiger partial charge in [0, 0.05) is 34.9 Å². The van der Waals surface area contributed by atoms with Crippen molar-refractivity contribution < 1.29 is 13.2 Å². The number of nitrogens with zero attached hydrogens (tertiary/aromatic N) is 2. The van der Waals surface area contributed by atoms with Gasteiger partial charge in [0.25, 0.3) is 0 Å². The first-order valence-corrected chi connectivity index (χ1v) is 8.89. The molecule has 1 aliphatic heterocycles. The number of halogens is 1. The summed E-state index contributed by atoms with van der Waals surface area (Å²) < 4.78 is 22.5. The molecule has 18 heavy (non-hydrogen) atoms. The largest absolute Gasteiger partial charge is 0.287 e. The maximum atomic E-state index is 11.8. The van der Waals surface area contributed by atoms with Gasteiger partial charge in [0.15, 0.2) is 5.13 Å². The van der Waals surface area contributed by atoms with E-state index in [9.17, 15) is 13.2 Å². The molecule has 1 amide bonds. The second-order valence-corrected chi connectivity index (χ2v) is 8.38. The Hall–Kier alpha value is -0.660. The van der Waals surface area contributed by atoms with Crippen molar-refractivity contribution in [3.63, 3.8) is 0 Å². The summed E-state index contributed by atoms with van der Waals surface area (Å²) in [6, 6.07) is 0. The van der Waals surface area contributed by atoms with Gasteiger partial charge < -0.3 is 0 Å². The molecule has 1 atom stereocenters. The Balaban J connectivity index is 1.81. The molecule has 3 rings (SSSR count). The molecule has 0 radical (unpaired) electrons. The number of thiazole rings is 1. The fourth-order valence-electron chi connectivity index (χ4n) is 2.02. The van der Waals surface area contributed by atoms with Gasteiger partial charge in [-0.3, -0.25) is 9.69 Å². The summed E-state index contributed by atoms with van der Waals surface area (Å²) in [5.41, 5.74) is 1.01. The van der Waals surface area contributed by atoms with Crippen molar-refractivity contribution in [2.75, 3.05) is 11.4 Å². The monoisotopic (exact) mass is 306 g/mol. The predicted octanol–water partition coefficient (Wildman–Crippen LogP) is 1.69. The number of rotatable bonds is 3. The summed E-state index contributed by atoms with van der Waals surface area (Å²) in [5, 5.41) is 1.72. The highest BCUT2D eigenvalue weighted by atomic mass is 35.7. The van der Waals surface area contributed by atoms with Crippen molar-refractivity contribution in [3.05, 3.63) is 11.1 Å². The third-order valence-electron chi connectivity index (χ3n) is 3.22. The molecule has 2 aliphatic rings. The van der Waals surface area contributed by atoms with Crippen molar-refractivity contribution in [1.29, 1.82) is 0 Å². The minimum absolute atomic E-state index is 0.0514. The van der Waals surface area contributed by atoms with E-state index in [4.69, 9.17) is 10.7 Å². The summed E-state index contributed by atoms with van der Waals surface area (Å²) >= 11 is 1.39. The van der Waals surface area contributed by atoms with Crippen LogP contribution in [0.4, 0.5) is 5.13 Å². The molecular weight excluding hydrogens is 296 g/mol. The molecule has 1 saturated heterocycles. The Morgan fingerprint density at radius 3 is 2.72 bits per heavy atom. The molecule has 1 unspecified atom stereocenters. The molecule has 2 heterocycles. The van der Waals surface area contributed by atoms with Crippen LogP contribution < -0.4 is 4.90 Å². The van der Waals surface area contributed by atoms with E-state index in [1.807, 2.05) is 5.38 Å². The Kier molecular flexibility index (Phi) is 2.87. The summed E-state index contributed by atoms with van der Waals surface area (Å²) in [5.74, 6) is 0.307. The standard InChI is InChI=1S/C10H11ClN2O3S2/c11-18(15,16)7-3-9(14)13(4-7)10-12-8(5-17-10)6-1-2-6/h5-7H,1-4H2. The summed E-state index contributed by atoms with van der Waals surface area (Å²) in [6.07, 6.45) is 2.25. The van der Waals surface area contributed by atoms with Crippen LogP contribution in [0.5, 0.6) is 0 Å². The summed E-state index contributed by atoms with van der Waals surface area (Å²) in [4.78, 5) is 17.6. The van der Waals surface area contributed by atoms with E-state index in [-0.39, 0.29) is 18.9 Å². The molecular formula is C10H11ClN2O3S2. The van der Waals surface area contributed by atoms with Crippen LogP contribution in [0.15, 0.2) is 5.38 Å². The fraction of sp³-hybridized carbons (Fsp3) is 0.600. The topological polar surface area (TPSA) is 67.3 Å². The number of hydrogen-bond donors (Lipinski definition) is 0. The fourth-order valence-corrected chi connectivity index (χ4v) is 3.97. The molecule has 1 aromatic rings. The Morgan fingerprint density at radius 2 is 2.17 bits per heavy atom. The van der Waals surface area contributed by atoms with Gasteiger partial charge in [-0.1, -0.05) is 0 Å². The zero-order valence-electron chi connectivity index (χ0n) is 9.37. The van der Waals surface area contributed by atoms with E-state index in [2.05, 4.69) is 4.98 Å². The van der Waals surface area contributed by atoms with Gasteiger partial charge >= 0.3 is 0 Å². The first-order chi connectivity index (χ1) is 8.45. The minimum Gasteiger partial charge on any atom is -0.287 e. The van der Waals surface area contributed by atoms with Gasteiger partial charge in [-0.05, 0) is 12.8 Å². The Bertz CT molecular complexity index is 594.